The van der Waals surface area contributed by atoms with Gasteiger partial charge in [-0.2, -0.15) is 0 Å². The third kappa shape index (κ3) is 2.76. The number of carboxylic acids is 1. The molecule has 100 valence electrons. The number of anilines is 1. The molecule has 0 aliphatic carbocycles. The first-order valence-corrected chi connectivity index (χ1v) is 6.99. The van der Waals surface area contributed by atoms with E-state index in [1.54, 1.807) is 0 Å². The van der Waals surface area contributed by atoms with Crippen LogP contribution in [0.2, 0.25) is 5.15 Å². The number of aromatic nitrogens is 1. The molecular weight excluding hydrogens is 274 g/mol. The Balaban J connectivity index is 2.15. The highest BCUT2D eigenvalue weighted by molar-refractivity contribution is 7.18. The highest BCUT2D eigenvalue weighted by Gasteiger charge is 2.25. The summed E-state index contributed by atoms with van der Waals surface area (Å²) in [7, 11) is 4.04. The fourth-order valence-electron chi connectivity index (χ4n) is 2.19. The van der Waals surface area contributed by atoms with Crippen molar-refractivity contribution in [1.82, 2.24) is 9.88 Å². The molecule has 1 aromatic heterocycles. The molecule has 0 spiro atoms. The van der Waals surface area contributed by atoms with Crippen LogP contribution in [-0.4, -0.2) is 54.2 Å². The third-order valence-electron chi connectivity index (χ3n) is 3.22. The van der Waals surface area contributed by atoms with Gasteiger partial charge in [0, 0.05) is 19.6 Å². The van der Waals surface area contributed by atoms with Gasteiger partial charge in [-0.25, -0.2) is 9.78 Å². The van der Waals surface area contributed by atoms with E-state index < -0.39 is 5.97 Å². The second-order valence-electron chi connectivity index (χ2n) is 4.59. The van der Waals surface area contributed by atoms with Crippen molar-refractivity contribution in [3.8, 4) is 0 Å². The van der Waals surface area contributed by atoms with Gasteiger partial charge in [-0.15, -0.1) is 0 Å². The van der Waals surface area contributed by atoms with Crippen LogP contribution in [0, 0.1) is 0 Å². The molecule has 0 radical (unpaired) electrons. The fraction of sp³-hybridized carbons (Fsp3) is 0.636. The molecule has 0 bridgehead atoms. The van der Waals surface area contributed by atoms with Crippen molar-refractivity contribution >= 4 is 34.0 Å². The van der Waals surface area contributed by atoms with Crippen molar-refractivity contribution in [2.24, 2.45) is 0 Å². The number of aromatic carboxylic acids is 1. The van der Waals surface area contributed by atoms with Crippen molar-refractivity contribution < 1.29 is 9.90 Å². The van der Waals surface area contributed by atoms with Crippen LogP contribution in [-0.2, 0) is 0 Å². The Kier molecular flexibility index (Phi) is 4.09. The van der Waals surface area contributed by atoms with Crippen molar-refractivity contribution in [3.63, 3.8) is 0 Å². The van der Waals surface area contributed by atoms with Gasteiger partial charge in [0.15, 0.2) is 15.2 Å². The number of hydrogen-bond donors (Lipinski definition) is 1. The Morgan fingerprint density at radius 2 is 2.39 bits per heavy atom. The molecule has 1 aliphatic heterocycles. The Bertz CT molecular complexity index is 451. The van der Waals surface area contributed by atoms with Gasteiger partial charge in [-0.1, -0.05) is 22.9 Å². The summed E-state index contributed by atoms with van der Waals surface area (Å²) < 4.78 is 0. The molecule has 5 nitrogen and oxygen atoms in total. The number of likely N-dealkylation sites (N-methyl/N-ethyl adjacent to an activating group) is 2. The van der Waals surface area contributed by atoms with Gasteiger partial charge >= 0.3 is 5.97 Å². The lowest BCUT2D eigenvalue weighted by atomic mass is 10.1. The van der Waals surface area contributed by atoms with Gasteiger partial charge in [0.2, 0.25) is 0 Å². The van der Waals surface area contributed by atoms with Gasteiger partial charge in [0.25, 0.3) is 0 Å². The Hall–Kier alpha value is -0.850. The second kappa shape index (κ2) is 5.42. The first kappa shape index (κ1) is 13.6. The summed E-state index contributed by atoms with van der Waals surface area (Å²) in [5, 5.41) is 9.73. The zero-order chi connectivity index (χ0) is 13.3. The van der Waals surface area contributed by atoms with E-state index in [0.29, 0.717) is 11.2 Å². The van der Waals surface area contributed by atoms with Crippen LogP contribution in [0.15, 0.2) is 0 Å². The topological polar surface area (TPSA) is 56.7 Å². The molecule has 2 rings (SSSR count). The molecule has 1 fully saturated rings. The van der Waals surface area contributed by atoms with E-state index in [4.69, 9.17) is 16.7 Å². The summed E-state index contributed by atoms with van der Waals surface area (Å²) in [6, 6.07) is 0.368. The van der Waals surface area contributed by atoms with Crippen molar-refractivity contribution in [3.05, 3.63) is 10.0 Å². The molecule has 1 N–H and O–H groups in total. The number of likely N-dealkylation sites (tertiary alicyclic amines) is 1. The first-order valence-electron chi connectivity index (χ1n) is 5.80. The molecular formula is C11H16ClN3O2S. The maximum Gasteiger partial charge on any atom is 0.349 e. The largest absolute Gasteiger partial charge is 0.477 e. The normalized spacial score (nSPS) is 20.9. The number of carbonyl (C=O) groups is 1. The molecule has 1 saturated heterocycles. The molecule has 1 unspecified atom stereocenters. The minimum atomic E-state index is -1.02. The highest BCUT2D eigenvalue weighted by atomic mass is 35.5. The predicted molar refractivity (Wildman–Crippen MR) is 73.0 cm³/mol. The predicted octanol–water partition coefficient (Wildman–Crippen LogP) is 2.03. The zero-order valence-electron chi connectivity index (χ0n) is 10.4. The SMILES string of the molecule is CN1CCCC(N(C)c2nc(Cl)c(C(=O)O)s2)C1. The zero-order valence-corrected chi connectivity index (χ0v) is 12.0. The Morgan fingerprint density at radius 3 is 2.94 bits per heavy atom. The standard InChI is InChI=1S/C11H16ClN3O2S/c1-14-5-3-4-7(6-14)15(2)11-13-9(12)8(18-11)10(16)17/h7H,3-6H2,1-2H3,(H,16,17). The number of rotatable bonds is 3. The highest BCUT2D eigenvalue weighted by Crippen LogP contribution is 2.31. The molecule has 2 heterocycles. The Morgan fingerprint density at radius 1 is 1.67 bits per heavy atom. The van der Waals surface area contributed by atoms with Crippen molar-refractivity contribution in [1.29, 1.82) is 0 Å². The average molecular weight is 290 g/mol. The summed E-state index contributed by atoms with van der Waals surface area (Å²) in [5.74, 6) is -1.02. The van der Waals surface area contributed by atoms with Crippen LogP contribution in [0.5, 0.6) is 0 Å². The van der Waals surface area contributed by atoms with Gasteiger partial charge in [-0.3, -0.25) is 0 Å². The van der Waals surface area contributed by atoms with Crippen molar-refractivity contribution in [2.75, 3.05) is 32.1 Å². The number of piperidine rings is 1. The number of hydrogen-bond acceptors (Lipinski definition) is 5. The summed E-state index contributed by atoms with van der Waals surface area (Å²) >= 11 is 6.97. The van der Waals surface area contributed by atoms with Gasteiger partial charge in [0.1, 0.15) is 0 Å². The summed E-state index contributed by atoms with van der Waals surface area (Å²) in [6.45, 7) is 2.08. The molecule has 1 atom stereocenters. The molecule has 18 heavy (non-hydrogen) atoms. The van der Waals surface area contributed by atoms with Crippen molar-refractivity contribution in [2.45, 2.75) is 18.9 Å². The van der Waals surface area contributed by atoms with E-state index in [9.17, 15) is 4.79 Å². The average Bonchev–Trinajstić information content (AvgIpc) is 2.70. The lowest BCUT2D eigenvalue weighted by Crippen LogP contribution is -2.45. The van der Waals surface area contributed by atoms with Crippen LogP contribution in [0.25, 0.3) is 0 Å². The van der Waals surface area contributed by atoms with E-state index in [1.807, 2.05) is 11.9 Å². The van der Waals surface area contributed by atoms with E-state index in [0.717, 1.165) is 37.3 Å². The maximum atomic E-state index is 10.9. The third-order valence-corrected chi connectivity index (χ3v) is 4.74. The van der Waals surface area contributed by atoms with E-state index in [1.165, 1.54) is 0 Å². The molecule has 1 aromatic rings. The summed E-state index contributed by atoms with van der Waals surface area (Å²) in [6.07, 6.45) is 2.25. The number of carboxylic acid groups (broad SMARTS) is 1. The fourth-order valence-corrected chi connectivity index (χ4v) is 3.34. The quantitative estimate of drug-likeness (QED) is 0.923. The molecule has 7 heteroatoms. The number of halogens is 1. The Labute approximate surface area is 115 Å². The smallest absolute Gasteiger partial charge is 0.349 e. The minimum Gasteiger partial charge on any atom is -0.477 e. The van der Waals surface area contributed by atoms with Gasteiger partial charge in [0.05, 0.1) is 0 Å². The maximum absolute atomic E-state index is 10.9. The van der Waals surface area contributed by atoms with E-state index in [-0.39, 0.29) is 10.0 Å². The van der Waals surface area contributed by atoms with Gasteiger partial charge in [-0.05, 0) is 26.4 Å². The monoisotopic (exact) mass is 289 g/mol. The summed E-state index contributed by atoms with van der Waals surface area (Å²) in [4.78, 5) is 19.5. The number of nitrogens with zero attached hydrogens (tertiary/aromatic N) is 3. The van der Waals surface area contributed by atoms with E-state index >= 15 is 0 Å². The van der Waals surface area contributed by atoms with Crippen LogP contribution in [0.3, 0.4) is 0 Å². The first-order chi connectivity index (χ1) is 8.49. The summed E-state index contributed by atoms with van der Waals surface area (Å²) in [5.41, 5.74) is 0. The molecule has 0 aromatic carbocycles. The lowest BCUT2D eigenvalue weighted by molar-refractivity contribution is 0.0702. The van der Waals surface area contributed by atoms with Crippen LogP contribution in [0.1, 0.15) is 22.5 Å². The molecule has 0 amide bonds. The van der Waals surface area contributed by atoms with Crippen LogP contribution >= 0.6 is 22.9 Å². The van der Waals surface area contributed by atoms with Gasteiger partial charge < -0.3 is 14.9 Å². The second-order valence-corrected chi connectivity index (χ2v) is 5.93. The minimum absolute atomic E-state index is 0.0820. The molecule has 1 aliphatic rings. The number of thiazole rings is 1. The van der Waals surface area contributed by atoms with Crippen LogP contribution < -0.4 is 4.90 Å². The lowest BCUT2D eigenvalue weighted by Gasteiger charge is -2.35. The van der Waals surface area contributed by atoms with Crippen LogP contribution in [0.4, 0.5) is 5.13 Å². The molecule has 0 saturated carbocycles. The van der Waals surface area contributed by atoms with E-state index in [2.05, 4.69) is 16.9 Å².